The quantitative estimate of drug-likeness (QED) is 0.644. The van der Waals surface area contributed by atoms with Gasteiger partial charge < -0.3 is 14.6 Å². The van der Waals surface area contributed by atoms with Gasteiger partial charge in [0, 0.05) is 6.42 Å². The highest BCUT2D eigenvalue weighted by molar-refractivity contribution is 5.81. The number of aliphatic hydroxyl groups excluding tert-OH is 1. The molecule has 13 heavy (non-hydrogen) atoms. The Hall–Kier alpha value is -0.900. The summed E-state index contributed by atoms with van der Waals surface area (Å²) >= 11 is 0. The summed E-state index contributed by atoms with van der Waals surface area (Å²) in [5.74, 6) is -0.481. The number of ether oxygens (including phenoxy) is 1. The molecule has 2 atom stereocenters. The fourth-order valence-corrected chi connectivity index (χ4v) is 0.643. The first kappa shape index (κ1) is 12.1. The third-order valence-corrected chi connectivity index (χ3v) is 1.68. The number of rotatable bonds is 5. The van der Waals surface area contributed by atoms with Gasteiger partial charge in [-0.3, -0.25) is 4.79 Å². The molecule has 4 heteroatoms. The molecule has 0 saturated heterocycles. The predicted octanol–water partition coefficient (Wildman–Crippen LogP) is 0.668. The Morgan fingerprint density at radius 2 is 1.85 bits per heavy atom. The van der Waals surface area contributed by atoms with Crippen molar-refractivity contribution in [3.63, 3.8) is 0 Å². The molecule has 2 unspecified atom stereocenters. The molecule has 0 aliphatic carbocycles. The Bertz CT molecular complexity index is 186. The topological polar surface area (TPSA) is 63.6 Å². The van der Waals surface area contributed by atoms with Crippen molar-refractivity contribution in [1.82, 2.24) is 0 Å². The predicted molar refractivity (Wildman–Crippen MR) is 47.1 cm³/mol. The van der Waals surface area contributed by atoms with Gasteiger partial charge in [0.25, 0.3) is 0 Å². The molecule has 0 bridgehead atoms. The van der Waals surface area contributed by atoms with E-state index in [1.165, 1.54) is 6.92 Å². The lowest BCUT2D eigenvalue weighted by molar-refractivity contribution is -0.153. The summed E-state index contributed by atoms with van der Waals surface area (Å²) in [4.78, 5) is 21.5. The van der Waals surface area contributed by atoms with Crippen LogP contribution in [0.2, 0.25) is 0 Å². The van der Waals surface area contributed by atoms with E-state index in [-0.39, 0.29) is 18.6 Å². The van der Waals surface area contributed by atoms with Crippen LogP contribution in [0.1, 0.15) is 33.6 Å². The highest BCUT2D eigenvalue weighted by Crippen LogP contribution is 2.01. The Balaban J connectivity index is 3.68. The molecule has 0 heterocycles. The molecule has 0 spiro atoms. The third kappa shape index (κ3) is 6.28. The van der Waals surface area contributed by atoms with E-state index in [1.54, 1.807) is 13.8 Å². The van der Waals surface area contributed by atoms with Crippen LogP contribution in [0.25, 0.3) is 0 Å². The van der Waals surface area contributed by atoms with Gasteiger partial charge in [-0.15, -0.1) is 0 Å². The third-order valence-electron chi connectivity index (χ3n) is 1.68. The lowest BCUT2D eigenvalue weighted by Gasteiger charge is -2.15. The van der Waals surface area contributed by atoms with Crippen LogP contribution in [0.5, 0.6) is 0 Å². The van der Waals surface area contributed by atoms with Crippen molar-refractivity contribution < 1.29 is 19.4 Å². The van der Waals surface area contributed by atoms with Crippen molar-refractivity contribution in [3.05, 3.63) is 0 Å². The van der Waals surface area contributed by atoms with Crippen LogP contribution in [-0.4, -0.2) is 29.1 Å². The molecule has 0 radical (unpaired) electrons. The Labute approximate surface area is 77.9 Å². The van der Waals surface area contributed by atoms with Crippen LogP contribution < -0.4 is 0 Å². The molecule has 0 aliphatic heterocycles. The molecule has 0 rings (SSSR count). The number of carbonyl (C=O) groups is 2. The van der Waals surface area contributed by atoms with E-state index in [9.17, 15) is 9.59 Å². The van der Waals surface area contributed by atoms with Crippen molar-refractivity contribution >= 4 is 11.8 Å². The van der Waals surface area contributed by atoms with Gasteiger partial charge in [-0.2, -0.15) is 0 Å². The summed E-state index contributed by atoms with van der Waals surface area (Å²) in [6.45, 7) is 4.57. The fraction of sp³-hybridized carbons (Fsp3) is 0.778. The number of hydrogen-bond donors (Lipinski definition) is 1. The van der Waals surface area contributed by atoms with Gasteiger partial charge in [0.2, 0.25) is 0 Å². The molecule has 0 amide bonds. The number of carbonyl (C=O) groups excluding carboxylic acids is 2. The Morgan fingerprint density at radius 1 is 1.31 bits per heavy atom. The molecule has 0 saturated carbocycles. The van der Waals surface area contributed by atoms with E-state index in [0.29, 0.717) is 0 Å². The van der Waals surface area contributed by atoms with Crippen LogP contribution in [0.15, 0.2) is 0 Å². The summed E-state index contributed by atoms with van der Waals surface area (Å²) in [7, 11) is 0. The fourth-order valence-electron chi connectivity index (χ4n) is 0.643. The van der Waals surface area contributed by atoms with Gasteiger partial charge in [0.1, 0.15) is 11.9 Å². The molecule has 4 nitrogen and oxygen atoms in total. The molecular formula is C9H16O4. The summed E-state index contributed by atoms with van der Waals surface area (Å²) in [5.41, 5.74) is 0. The highest BCUT2D eigenvalue weighted by atomic mass is 16.6. The number of hydrogen-bond acceptors (Lipinski definition) is 4. The van der Waals surface area contributed by atoms with E-state index in [2.05, 4.69) is 0 Å². The van der Waals surface area contributed by atoms with Crippen molar-refractivity contribution in [1.29, 1.82) is 0 Å². The van der Waals surface area contributed by atoms with Crippen molar-refractivity contribution in [2.24, 2.45) is 0 Å². The zero-order valence-corrected chi connectivity index (χ0v) is 8.24. The second-order valence-corrected chi connectivity index (χ2v) is 3.14. The van der Waals surface area contributed by atoms with Gasteiger partial charge >= 0.3 is 5.97 Å². The van der Waals surface area contributed by atoms with E-state index in [4.69, 9.17) is 9.84 Å². The average molecular weight is 188 g/mol. The van der Waals surface area contributed by atoms with E-state index < -0.39 is 18.2 Å². The summed E-state index contributed by atoms with van der Waals surface area (Å²) < 4.78 is 4.82. The minimum atomic E-state index is -0.679. The zero-order chi connectivity index (χ0) is 10.4. The zero-order valence-electron chi connectivity index (χ0n) is 8.24. The maximum Gasteiger partial charge on any atom is 0.306 e. The molecule has 0 aromatic heterocycles. The second kappa shape index (κ2) is 5.70. The van der Waals surface area contributed by atoms with E-state index in [0.717, 1.165) is 0 Å². The Kier molecular flexibility index (Phi) is 5.30. The van der Waals surface area contributed by atoms with Crippen LogP contribution >= 0.6 is 0 Å². The van der Waals surface area contributed by atoms with Crippen LogP contribution in [0.4, 0.5) is 0 Å². The highest BCUT2D eigenvalue weighted by Gasteiger charge is 2.14. The van der Waals surface area contributed by atoms with E-state index >= 15 is 0 Å². The molecule has 0 aliphatic rings. The number of esters is 1. The maximum atomic E-state index is 11.0. The molecule has 0 aromatic rings. The minimum Gasteiger partial charge on any atom is -0.460 e. The van der Waals surface area contributed by atoms with Crippen LogP contribution in [0.3, 0.4) is 0 Å². The number of ketones is 1. The monoisotopic (exact) mass is 188 g/mol. The van der Waals surface area contributed by atoms with Crippen LogP contribution in [0, 0.1) is 0 Å². The molecule has 1 N–H and O–H groups in total. The lowest BCUT2D eigenvalue weighted by atomic mass is 10.2. The maximum absolute atomic E-state index is 11.0. The number of aliphatic hydroxyl groups is 1. The van der Waals surface area contributed by atoms with Crippen molar-refractivity contribution in [2.75, 3.05) is 0 Å². The second-order valence-electron chi connectivity index (χ2n) is 3.14. The average Bonchev–Trinajstić information content (AvgIpc) is 2.00. The summed E-state index contributed by atoms with van der Waals surface area (Å²) in [6, 6.07) is 0. The molecule has 0 fully saturated rings. The van der Waals surface area contributed by atoms with E-state index in [1.807, 2.05) is 0 Å². The first-order valence-electron chi connectivity index (χ1n) is 4.30. The molecule has 76 valence electrons. The van der Waals surface area contributed by atoms with Gasteiger partial charge in [-0.1, -0.05) is 0 Å². The van der Waals surface area contributed by atoms with Crippen LogP contribution in [-0.2, 0) is 14.3 Å². The largest absolute Gasteiger partial charge is 0.460 e. The molecule has 0 aromatic carbocycles. The standard InChI is InChI=1S/C9H16O4/c1-6(10)4-5-9(12)13-8(3)7(2)11/h7-8,11H,4-5H2,1-3H3. The van der Waals surface area contributed by atoms with Gasteiger partial charge in [0.15, 0.2) is 0 Å². The Morgan fingerprint density at radius 3 is 2.23 bits per heavy atom. The first-order chi connectivity index (χ1) is 5.93. The SMILES string of the molecule is CC(=O)CCC(=O)OC(C)C(C)O. The number of Topliss-reactive ketones (excluding diaryl/α,β-unsaturated/α-hetero) is 1. The van der Waals surface area contributed by atoms with Crippen molar-refractivity contribution in [2.45, 2.75) is 45.8 Å². The first-order valence-corrected chi connectivity index (χ1v) is 4.30. The normalized spacial score (nSPS) is 14.8. The minimum absolute atomic E-state index is 0.0401. The smallest absolute Gasteiger partial charge is 0.306 e. The summed E-state index contributed by atoms with van der Waals surface area (Å²) in [5, 5.41) is 9.00. The van der Waals surface area contributed by atoms with Gasteiger partial charge in [0.05, 0.1) is 12.5 Å². The molecular weight excluding hydrogens is 172 g/mol. The van der Waals surface area contributed by atoms with Gasteiger partial charge in [-0.05, 0) is 20.8 Å². The van der Waals surface area contributed by atoms with Crippen molar-refractivity contribution in [3.8, 4) is 0 Å². The summed E-state index contributed by atoms with van der Waals surface area (Å²) in [6.07, 6.45) is -0.904. The lowest BCUT2D eigenvalue weighted by Crippen LogP contribution is -2.25. The van der Waals surface area contributed by atoms with Gasteiger partial charge in [-0.25, -0.2) is 0 Å².